The Bertz CT molecular complexity index is 440. The highest BCUT2D eigenvalue weighted by Gasteiger charge is 2.14. The zero-order chi connectivity index (χ0) is 13.7. The lowest BCUT2D eigenvalue weighted by atomic mass is 10.1. The molecule has 1 aliphatic heterocycles. The van der Waals surface area contributed by atoms with Crippen molar-refractivity contribution in [2.24, 2.45) is 0 Å². The molecule has 1 saturated heterocycles. The standard InChI is InChI=1S/C15H22N2O2/c1-3-16-15(18)12-4-5-14(11(2)10-12)17-13-6-8-19-9-7-13/h4-5,10,13,17H,3,6-9H2,1-2H3,(H,16,18). The summed E-state index contributed by atoms with van der Waals surface area (Å²) in [5.74, 6) is -0.0109. The van der Waals surface area contributed by atoms with Gasteiger partial charge in [-0.25, -0.2) is 0 Å². The highest BCUT2D eigenvalue weighted by molar-refractivity contribution is 5.94. The van der Waals surface area contributed by atoms with E-state index in [0.717, 1.165) is 42.9 Å². The zero-order valence-electron chi connectivity index (χ0n) is 11.7. The Balaban J connectivity index is 2.04. The molecule has 0 spiro atoms. The van der Waals surface area contributed by atoms with Gasteiger partial charge in [0.25, 0.3) is 5.91 Å². The summed E-state index contributed by atoms with van der Waals surface area (Å²) in [5, 5.41) is 6.35. The molecule has 0 saturated carbocycles. The first-order valence-corrected chi connectivity index (χ1v) is 6.94. The summed E-state index contributed by atoms with van der Waals surface area (Å²) < 4.78 is 5.35. The molecule has 0 aliphatic carbocycles. The number of amides is 1. The number of benzene rings is 1. The van der Waals surface area contributed by atoms with Gasteiger partial charge in [-0.05, 0) is 50.5 Å². The van der Waals surface area contributed by atoms with Crippen molar-refractivity contribution in [1.29, 1.82) is 0 Å². The summed E-state index contributed by atoms with van der Waals surface area (Å²) >= 11 is 0. The molecule has 1 aromatic rings. The maximum Gasteiger partial charge on any atom is 0.251 e. The van der Waals surface area contributed by atoms with Crippen LogP contribution in [0.4, 0.5) is 5.69 Å². The van der Waals surface area contributed by atoms with E-state index >= 15 is 0 Å². The molecule has 0 aromatic heterocycles. The minimum absolute atomic E-state index is 0.0109. The molecule has 104 valence electrons. The van der Waals surface area contributed by atoms with E-state index in [9.17, 15) is 4.79 Å². The van der Waals surface area contributed by atoms with Crippen LogP contribution < -0.4 is 10.6 Å². The highest BCUT2D eigenvalue weighted by atomic mass is 16.5. The zero-order valence-corrected chi connectivity index (χ0v) is 11.7. The summed E-state index contributed by atoms with van der Waals surface area (Å²) in [4.78, 5) is 11.8. The number of anilines is 1. The van der Waals surface area contributed by atoms with Crippen LogP contribution in [0.15, 0.2) is 18.2 Å². The molecule has 1 aromatic carbocycles. The third kappa shape index (κ3) is 3.70. The second-order valence-electron chi connectivity index (χ2n) is 4.92. The lowest BCUT2D eigenvalue weighted by molar-refractivity contribution is 0.0904. The molecule has 1 amide bonds. The third-order valence-electron chi connectivity index (χ3n) is 3.41. The van der Waals surface area contributed by atoms with E-state index in [-0.39, 0.29) is 5.91 Å². The third-order valence-corrected chi connectivity index (χ3v) is 3.41. The van der Waals surface area contributed by atoms with Crippen LogP contribution in [0.5, 0.6) is 0 Å². The second kappa shape index (κ2) is 6.57. The molecule has 2 rings (SSSR count). The van der Waals surface area contributed by atoms with Crippen LogP contribution in [0.1, 0.15) is 35.7 Å². The quantitative estimate of drug-likeness (QED) is 0.875. The average molecular weight is 262 g/mol. The Labute approximate surface area is 114 Å². The Hall–Kier alpha value is -1.55. The maximum absolute atomic E-state index is 11.8. The smallest absolute Gasteiger partial charge is 0.251 e. The number of carbonyl (C=O) groups is 1. The molecule has 19 heavy (non-hydrogen) atoms. The fraction of sp³-hybridized carbons (Fsp3) is 0.533. The minimum Gasteiger partial charge on any atom is -0.382 e. The SMILES string of the molecule is CCNC(=O)c1ccc(NC2CCOCC2)c(C)c1. The molecule has 0 radical (unpaired) electrons. The first-order valence-electron chi connectivity index (χ1n) is 6.94. The summed E-state index contributed by atoms with van der Waals surface area (Å²) in [6.07, 6.45) is 2.08. The molecule has 2 N–H and O–H groups in total. The van der Waals surface area contributed by atoms with Gasteiger partial charge in [-0.15, -0.1) is 0 Å². The topological polar surface area (TPSA) is 50.4 Å². The van der Waals surface area contributed by atoms with Crippen molar-refractivity contribution < 1.29 is 9.53 Å². The van der Waals surface area contributed by atoms with Gasteiger partial charge in [0.2, 0.25) is 0 Å². The van der Waals surface area contributed by atoms with Crippen LogP contribution in [0.2, 0.25) is 0 Å². The van der Waals surface area contributed by atoms with Gasteiger partial charge in [-0.1, -0.05) is 0 Å². The fourth-order valence-electron chi connectivity index (χ4n) is 2.29. The van der Waals surface area contributed by atoms with E-state index in [1.54, 1.807) is 0 Å². The number of rotatable bonds is 4. The highest BCUT2D eigenvalue weighted by Crippen LogP contribution is 2.20. The van der Waals surface area contributed by atoms with E-state index < -0.39 is 0 Å². The molecular weight excluding hydrogens is 240 g/mol. The van der Waals surface area contributed by atoms with E-state index in [1.165, 1.54) is 0 Å². The van der Waals surface area contributed by atoms with Gasteiger partial charge < -0.3 is 15.4 Å². The van der Waals surface area contributed by atoms with Crippen LogP contribution >= 0.6 is 0 Å². The predicted molar refractivity (Wildman–Crippen MR) is 76.6 cm³/mol. The van der Waals surface area contributed by atoms with Crippen LogP contribution in [-0.2, 0) is 4.74 Å². The van der Waals surface area contributed by atoms with Crippen LogP contribution in [0.25, 0.3) is 0 Å². The molecule has 4 heteroatoms. The molecule has 1 aliphatic rings. The molecule has 0 unspecified atom stereocenters. The first kappa shape index (κ1) is 13.9. The fourth-order valence-corrected chi connectivity index (χ4v) is 2.29. The number of hydrogen-bond acceptors (Lipinski definition) is 3. The van der Waals surface area contributed by atoms with Crippen LogP contribution in [0, 0.1) is 6.92 Å². The first-order chi connectivity index (χ1) is 9.20. The Morgan fingerprint density at radius 1 is 1.37 bits per heavy atom. The van der Waals surface area contributed by atoms with Crippen molar-refractivity contribution >= 4 is 11.6 Å². The molecule has 4 nitrogen and oxygen atoms in total. The van der Waals surface area contributed by atoms with Crippen molar-refractivity contribution in [2.45, 2.75) is 32.7 Å². The summed E-state index contributed by atoms with van der Waals surface area (Å²) in [6.45, 7) is 6.26. The summed E-state index contributed by atoms with van der Waals surface area (Å²) in [7, 11) is 0. The monoisotopic (exact) mass is 262 g/mol. The minimum atomic E-state index is -0.0109. The van der Waals surface area contributed by atoms with Gasteiger partial charge in [0.15, 0.2) is 0 Å². The van der Waals surface area contributed by atoms with E-state index in [4.69, 9.17) is 4.74 Å². The van der Waals surface area contributed by atoms with Crippen molar-refractivity contribution in [3.8, 4) is 0 Å². The van der Waals surface area contributed by atoms with Gasteiger partial charge in [0.05, 0.1) is 0 Å². The molecular formula is C15H22N2O2. The largest absolute Gasteiger partial charge is 0.382 e. The molecule has 0 bridgehead atoms. The lowest BCUT2D eigenvalue weighted by Crippen LogP contribution is -2.28. The van der Waals surface area contributed by atoms with Crippen LogP contribution in [-0.4, -0.2) is 31.7 Å². The summed E-state index contributed by atoms with van der Waals surface area (Å²) in [6, 6.07) is 6.28. The van der Waals surface area contributed by atoms with Gasteiger partial charge in [0, 0.05) is 37.1 Å². The van der Waals surface area contributed by atoms with Gasteiger partial charge in [0.1, 0.15) is 0 Å². The summed E-state index contributed by atoms with van der Waals surface area (Å²) in [5.41, 5.74) is 2.94. The second-order valence-corrected chi connectivity index (χ2v) is 4.92. The maximum atomic E-state index is 11.8. The van der Waals surface area contributed by atoms with E-state index in [0.29, 0.717) is 12.6 Å². The predicted octanol–water partition coefficient (Wildman–Crippen LogP) is 2.34. The van der Waals surface area contributed by atoms with Crippen molar-refractivity contribution in [2.75, 3.05) is 25.1 Å². The molecule has 0 atom stereocenters. The van der Waals surface area contributed by atoms with Gasteiger partial charge in [-0.3, -0.25) is 4.79 Å². The number of carbonyl (C=O) groups excluding carboxylic acids is 1. The van der Waals surface area contributed by atoms with Crippen molar-refractivity contribution in [3.05, 3.63) is 29.3 Å². The van der Waals surface area contributed by atoms with Crippen LogP contribution in [0.3, 0.4) is 0 Å². The van der Waals surface area contributed by atoms with Crippen molar-refractivity contribution in [3.63, 3.8) is 0 Å². The normalized spacial score (nSPS) is 16.1. The number of ether oxygens (including phenoxy) is 1. The Morgan fingerprint density at radius 2 is 2.11 bits per heavy atom. The number of aryl methyl sites for hydroxylation is 1. The number of hydrogen-bond donors (Lipinski definition) is 2. The van der Waals surface area contributed by atoms with Gasteiger partial charge >= 0.3 is 0 Å². The molecule has 1 fully saturated rings. The van der Waals surface area contributed by atoms with E-state index in [1.807, 2.05) is 32.0 Å². The van der Waals surface area contributed by atoms with Gasteiger partial charge in [-0.2, -0.15) is 0 Å². The Kier molecular flexibility index (Phi) is 4.80. The molecule has 1 heterocycles. The Morgan fingerprint density at radius 3 is 2.74 bits per heavy atom. The van der Waals surface area contributed by atoms with Crippen molar-refractivity contribution in [1.82, 2.24) is 5.32 Å². The van der Waals surface area contributed by atoms with E-state index in [2.05, 4.69) is 10.6 Å². The average Bonchev–Trinajstić information content (AvgIpc) is 2.42. The lowest BCUT2D eigenvalue weighted by Gasteiger charge is -2.25. The number of nitrogens with one attached hydrogen (secondary N) is 2.